The number of piperazine rings is 1. The van der Waals surface area contributed by atoms with Crippen LogP contribution in [0.25, 0.3) is 11.3 Å². The van der Waals surface area contributed by atoms with E-state index >= 15 is 0 Å². The number of thiazole rings is 1. The molecule has 1 unspecified atom stereocenters. The van der Waals surface area contributed by atoms with Gasteiger partial charge in [0.25, 0.3) is 0 Å². The van der Waals surface area contributed by atoms with Crippen LogP contribution in [0.2, 0.25) is 0 Å². The van der Waals surface area contributed by atoms with Gasteiger partial charge in [-0.2, -0.15) is 13.2 Å². The van der Waals surface area contributed by atoms with E-state index in [9.17, 15) is 22.4 Å². The first-order valence-electron chi connectivity index (χ1n) is 14.9. The van der Waals surface area contributed by atoms with E-state index in [1.807, 2.05) is 6.07 Å². The summed E-state index contributed by atoms with van der Waals surface area (Å²) in [7, 11) is 0. The van der Waals surface area contributed by atoms with Crippen LogP contribution in [0.4, 0.5) is 34.3 Å². The summed E-state index contributed by atoms with van der Waals surface area (Å²) in [4.78, 5) is 32.9. The van der Waals surface area contributed by atoms with Crippen molar-refractivity contribution >= 4 is 34.1 Å². The summed E-state index contributed by atoms with van der Waals surface area (Å²) >= 11 is 1.33. The molecular weight excluding hydrogens is 598 g/mol. The number of likely N-dealkylation sites (tertiary alicyclic amines) is 1. The first-order valence-corrected chi connectivity index (χ1v) is 15.7. The number of carbonyl (C=O) groups excluding carboxylic acids is 1. The van der Waals surface area contributed by atoms with Gasteiger partial charge in [0.05, 0.1) is 24.3 Å². The van der Waals surface area contributed by atoms with E-state index in [2.05, 4.69) is 41.9 Å². The van der Waals surface area contributed by atoms with Gasteiger partial charge in [-0.1, -0.05) is 11.3 Å². The van der Waals surface area contributed by atoms with Crippen LogP contribution in [0.15, 0.2) is 24.3 Å². The highest BCUT2D eigenvalue weighted by Gasteiger charge is 2.32. The highest BCUT2D eigenvalue weighted by atomic mass is 32.1. The van der Waals surface area contributed by atoms with E-state index in [0.717, 1.165) is 68.4 Å². The van der Waals surface area contributed by atoms with Gasteiger partial charge in [-0.25, -0.2) is 19.3 Å². The number of rotatable bonds is 10. The van der Waals surface area contributed by atoms with Gasteiger partial charge in [0.15, 0.2) is 5.13 Å². The fourth-order valence-electron chi connectivity index (χ4n) is 5.61. The lowest BCUT2D eigenvalue weighted by Gasteiger charge is -2.35. The van der Waals surface area contributed by atoms with Crippen LogP contribution in [0.3, 0.4) is 0 Å². The van der Waals surface area contributed by atoms with Gasteiger partial charge in [0, 0.05) is 61.8 Å². The van der Waals surface area contributed by atoms with E-state index in [1.54, 1.807) is 13.8 Å². The topological polar surface area (TPSA) is 86.7 Å². The Hall–Kier alpha value is -3.36. The van der Waals surface area contributed by atoms with Gasteiger partial charge >= 0.3 is 12.1 Å². The molecule has 4 heterocycles. The minimum atomic E-state index is -4.68. The molecule has 3 aromatic rings. The lowest BCUT2D eigenvalue weighted by atomic mass is 10.1. The van der Waals surface area contributed by atoms with Crippen LogP contribution in [-0.4, -0.2) is 82.6 Å². The zero-order valence-corrected chi connectivity index (χ0v) is 25.9. The van der Waals surface area contributed by atoms with E-state index < -0.39 is 17.6 Å². The van der Waals surface area contributed by atoms with E-state index in [-0.39, 0.29) is 11.5 Å². The highest BCUT2D eigenvalue weighted by Crippen LogP contribution is 2.38. The van der Waals surface area contributed by atoms with Crippen molar-refractivity contribution in [2.24, 2.45) is 0 Å². The molecule has 0 amide bonds. The van der Waals surface area contributed by atoms with Gasteiger partial charge in [0.2, 0.25) is 0 Å². The minimum Gasteiger partial charge on any atom is -0.466 e. The molecule has 2 aliphatic rings. The average Bonchev–Trinajstić information content (AvgIpc) is 3.56. The molecule has 1 aromatic carbocycles. The average molecular weight is 636 g/mol. The Morgan fingerprint density at radius 1 is 1.09 bits per heavy atom. The Morgan fingerprint density at radius 3 is 2.55 bits per heavy atom. The molecule has 5 rings (SSSR count). The molecule has 2 fully saturated rings. The second-order valence-corrected chi connectivity index (χ2v) is 12.2. The van der Waals surface area contributed by atoms with Crippen LogP contribution < -0.4 is 10.2 Å². The van der Waals surface area contributed by atoms with Gasteiger partial charge in [0.1, 0.15) is 23.3 Å². The largest absolute Gasteiger partial charge is 0.466 e. The Balaban J connectivity index is 1.35. The number of nitrogens with one attached hydrogen (secondary N) is 1. The number of hydrogen-bond acceptors (Lipinski definition) is 10. The summed E-state index contributed by atoms with van der Waals surface area (Å²) in [5.74, 6) is 0.646. The van der Waals surface area contributed by atoms with Gasteiger partial charge in [-0.15, -0.1) is 0 Å². The zero-order chi connectivity index (χ0) is 31.4. The standard InChI is InChI=1S/C30H37F4N7O2S/c1-4-43-27(42)7-9-39-10-12-40(13-11-39)26-17-25(35-20(3)36-26)37-29-38-28(24(44-29)18-41-8-5-6-19(41)2)21-14-22(30(32,33)34)16-23(31)15-21/h14-17,19H,4-13,18H2,1-3H3,(H,35,36,37,38). The molecule has 0 aliphatic carbocycles. The number of benzene rings is 1. The first-order chi connectivity index (χ1) is 21.0. The molecule has 1 atom stereocenters. The summed E-state index contributed by atoms with van der Waals surface area (Å²) in [5, 5.41) is 3.69. The van der Waals surface area contributed by atoms with Crippen LogP contribution in [0, 0.1) is 12.7 Å². The van der Waals surface area contributed by atoms with Crippen molar-refractivity contribution < 1.29 is 27.1 Å². The van der Waals surface area contributed by atoms with Crippen LogP contribution in [-0.2, 0) is 22.3 Å². The fraction of sp³-hybridized carbons (Fsp3) is 0.533. The number of anilines is 3. The summed E-state index contributed by atoms with van der Waals surface area (Å²) in [6.07, 6.45) is -2.24. The molecule has 0 bridgehead atoms. The number of halogens is 4. The van der Waals surface area contributed by atoms with Crippen LogP contribution in [0.5, 0.6) is 0 Å². The van der Waals surface area contributed by atoms with Crippen molar-refractivity contribution in [3.05, 3.63) is 46.3 Å². The third-order valence-corrected chi connectivity index (χ3v) is 8.88. The van der Waals surface area contributed by atoms with Crippen molar-refractivity contribution in [1.29, 1.82) is 0 Å². The number of nitrogens with zero attached hydrogens (tertiary/aromatic N) is 6. The second-order valence-electron chi connectivity index (χ2n) is 11.1. The number of hydrogen-bond donors (Lipinski definition) is 1. The Bertz CT molecular complexity index is 1460. The molecule has 1 N–H and O–H groups in total. The summed E-state index contributed by atoms with van der Waals surface area (Å²) in [6, 6.07) is 4.72. The Morgan fingerprint density at radius 2 is 1.86 bits per heavy atom. The van der Waals surface area contributed by atoms with E-state index in [0.29, 0.717) is 60.7 Å². The monoisotopic (exact) mass is 635 g/mol. The molecule has 0 radical (unpaired) electrons. The zero-order valence-electron chi connectivity index (χ0n) is 25.1. The number of aromatic nitrogens is 3. The van der Waals surface area contributed by atoms with Crippen molar-refractivity contribution in [2.45, 2.75) is 58.8 Å². The molecule has 14 heteroatoms. The van der Waals surface area contributed by atoms with Crippen molar-refractivity contribution in [3.63, 3.8) is 0 Å². The maximum atomic E-state index is 14.4. The van der Waals surface area contributed by atoms with Gasteiger partial charge < -0.3 is 15.0 Å². The highest BCUT2D eigenvalue weighted by molar-refractivity contribution is 7.16. The van der Waals surface area contributed by atoms with Crippen molar-refractivity contribution in [2.75, 3.05) is 56.1 Å². The maximum Gasteiger partial charge on any atom is 0.416 e. The molecule has 2 aromatic heterocycles. The third-order valence-electron chi connectivity index (χ3n) is 7.93. The summed E-state index contributed by atoms with van der Waals surface area (Å²) in [5.41, 5.74) is -0.636. The fourth-order valence-corrected chi connectivity index (χ4v) is 6.63. The Labute approximate surface area is 258 Å². The molecule has 44 heavy (non-hydrogen) atoms. The van der Waals surface area contributed by atoms with Crippen LogP contribution >= 0.6 is 11.3 Å². The number of alkyl halides is 3. The predicted molar refractivity (Wildman–Crippen MR) is 162 cm³/mol. The number of esters is 1. The quantitative estimate of drug-likeness (QED) is 0.217. The lowest BCUT2D eigenvalue weighted by molar-refractivity contribution is -0.143. The normalized spacial score (nSPS) is 18.2. The lowest BCUT2D eigenvalue weighted by Crippen LogP contribution is -2.47. The van der Waals surface area contributed by atoms with E-state index in [1.165, 1.54) is 11.3 Å². The Kier molecular flexibility index (Phi) is 10.0. The van der Waals surface area contributed by atoms with E-state index in [4.69, 9.17) is 4.74 Å². The molecule has 0 saturated carbocycles. The minimum absolute atomic E-state index is 0.0869. The summed E-state index contributed by atoms with van der Waals surface area (Å²) in [6.45, 7) is 11.1. The molecule has 9 nitrogen and oxygen atoms in total. The maximum absolute atomic E-state index is 14.4. The van der Waals surface area contributed by atoms with Gasteiger partial charge in [-0.05, 0) is 58.4 Å². The molecule has 238 valence electrons. The third kappa shape index (κ3) is 8.02. The SMILES string of the molecule is CCOC(=O)CCN1CCN(c2cc(Nc3nc(-c4cc(F)cc(C(F)(F)F)c4)c(CN4CCCC4C)s3)nc(C)n2)CC1. The number of aryl methyl sites for hydroxylation is 1. The predicted octanol–water partition coefficient (Wildman–Crippen LogP) is 5.87. The van der Waals surface area contributed by atoms with Gasteiger partial charge in [-0.3, -0.25) is 14.6 Å². The number of carbonyl (C=O) groups is 1. The first kappa shape index (κ1) is 32.0. The molecule has 0 spiro atoms. The molecule has 2 saturated heterocycles. The number of ether oxygens (including phenoxy) is 1. The molecule has 2 aliphatic heterocycles. The summed E-state index contributed by atoms with van der Waals surface area (Å²) < 4.78 is 60.0. The van der Waals surface area contributed by atoms with Crippen molar-refractivity contribution in [3.8, 4) is 11.3 Å². The second kappa shape index (κ2) is 13.7. The smallest absolute Gasteiger partial charge is 0.416 e. The molecular formula is C30H37F4N7O2S. The van der Waals surface area contributed by atoms with Crippen LogP contribution in [0.1, 0.15) is 49.4 Å². The van der Waals surface area contributed by atoms with Crippen molar-refractivity contribution in [1.82, 2.24) is 24.8 Å².